The Morgan fingerprint density at radius 1 is 1.60 bits per heavy atom. The Bertz CT molecular complexity index is 203. The molecule has 0 aromatic carbocycles. The zero-order valence-corrected chi connectivity index (χ0v) is 9.41. The lowest BCUT2D eigenvalue weighted by molar-refractivity contribution is -0.130. The third kappa shape index (κ3) is 7.07. The van der Waals surface area contributed by atoms with Gasteiger partial charge in [-0.1, -0.05) is 12.2 Å². The van der Waals surface area contributed by atoms with Crippen LogP contribution in [0.3, 0.4) is 0 Å². The third-order valence-corrected chi connectivity index (χ3v) is 1.69. The van der Waals surface area contributed by atoms with Gasteiger partial charge in [-0.3, -0.25) is 4.79 Å². The van der Waals surface area contributed by atoms with E-state index in [0.29, 0.717) is 19.8 Å². The zero-order valence-electron chi connectivity index (χ0n) is 9.41. The summed E-state index contributed by atoms with van der Waals surface area (Å²) < 4.78 is 10.1. The van der Waals surface area contributed by atoms with E-state index in [1.54, 1.807) is 0 Å². The van der Waals surface area contributed by atoms with Crippen molar-refractivity contribution in [3.63, 3.8) is 0 Å². The van der Waals surface area contributed by atoms with E-state index >= 15 is 0 Å². The van der Waals surface area contributed by atoms with Gasteiger partial charge in [-0.05, 0) is 6.92 Å². The molecule has 0 radical (unpaired) electrons. The highest BCUT2D eigenvalue weighted by Crippen LogP contribution is 1.88. The first-order chi connectivity index (χ1) is 7.11. The lowest BCUT2D eigenvalue weighted by atomic mass is 10.3. The quantitative estimate of drug-likeness (QED) is 0.430. The summed E-state index contributed by atoms with van der Waals surface area (Å²) in [6.45, 7) is 7.17. The van der Waals surface area contributed by atoms with Crippen LogP contribution in [0, 0.1) is 0 Å². The second-order valence-electron chi connectivity index (χ2n) is 3.26. The minimum Gasteiger partial charge on any atom is -0.375 e. The molecule has 0 spiro atoms. The van der Waals surface area contributed by atoms with E-state index in [9.17, 15) is 4.79 Å². The summed E-state index contributed by atoms with van der Waals surface area (Å²) >= 11 is 0. The molecule has 0 fully saturated rings. The molecule has 0 bridgehead atoms. The smallest absolute Gasteiger partial charge is 0.250 e. The molecule has 0 saturated heterocycles. The molecular weight excluding hydrogens is 196 g/mol. The number of carbonyl (C=O) groups is 1. The van der Waals surface area contributed by atoms with Gasteiger partial charge in [-0.25, -0.2) is 0 Å². The lowest BCUT2D eigenvalue weighted by Crippen LogP contribution is -2.41. The van der Waals surface area contributed by atoms with Crippen molar-refractivity contribution in [1.82, 2.24) is 5.32 Å². The molecule has 0 rings (SSSR count). The summed E-state index contributed by atoms with van der Waals surface area (Å²) in [5, 5.41) is 2.66. The van der Waals surface area contributed by atoms with Gasteiger partial charge in [0, 0.05) is 20.2 Å². The number of methoxy groups -OCH3 is 1. The molecule has 1 unspecified atom stereocenters. The third-order valence-electron chi connectivity index (χ3n) is 1.69. The molecule has 3 N–H and O–H groups in total. The first kappa shape index (κ1) is 14.1. The molecule has 15 heavy (non-hydrogen) atoms. The molecule has 0 aromatic rings. The van der Waals surface area contributed by atoms with E-state index < -0.39 is 6.10 Å². The molecule has 1 atom stereocenters. The minimum atomic E-state index is -0.578. The predicted molar refractivity (Wildman–Crippen MR) is 58.5 cm³/mol. The molecule has 1 amide bonds. The molecule has 0 saturated carbocycles. The lowest BCUT2D eigenvalue weighted by Gasteiger charge is -2.12. The van der Waals surface area contributed by atoms with Crippen LogP contribution >= 0.6 is 0 Å². The van der Waals surface area contributed by atoms with Crippen molar-refractivity contribution in [2.24, 2.45) is 5.73 Å². The number of rotatable bonds is 8. The molecule has 5 heteroatoms. The maximum Gasteiger partial charge on any atom is 0.250 e. The Morgan fingerprint density at radius 2 is 2.27 bits per heavy atom. The van der Waals surface area contributed by atoms with Crippen molar-refractivity contribution in [3.8, 4) is 0 Å². The van der Waals surface area contributed by atoms with E-state index in [2.05, 4.69) is 11.9 Å². The van der Waals surface area contributed by atoms with Gasteiger partial charge in [0.15, 0.2) is 0 Å². The van der Waals surface area contributed by atoms with E-state index in [0.717, 1.165) is 5.57 Å². The topological polar surface area (TPSA) is 73.6 Å². The molecule has 0 aliphatic carbocycles. The van der Waals surface area contributed by atoms with Gasteiger partial charge in [-0.2, -0.15) is 0 Å². The second kappa shape index (κ2) is 8.40. The Hall–Kier alpha value is -0.910. The first-order valence-electron chi connectivity index (χ1n) is 4.84. The van der Waals surface area contributed by atoms with Crippen molar-refractivity contribution in [3.05, 3.63) is 12.2 Å². The van der Waals surface area contributed by atoms with Crippen LogP contribution in [0.4, 0.5) is 0 Å². The van der Waals surface area contributed by atoms with E-state index in [4.69, 9.17) is 15.2 Å². The number of ether oxygens (including phenoxy) is 2. The zero-order chi connectivity index (χ0) is 11.7. The normalized spacial score (nSPS) is 12.2. The van der Waals surface area contributed by atoms with Crippen molar-refractivity contribution in [2.45, 2.75) is 13.0 Å². The fourth-order valence-electron chi connectivity index (χ4n) is 0.917. The summed E-state index contributed by atoms with van der Waals surface area (Å²) in [6.07, 6.45) is -0.578. The Labute approximate surface area is 90.6 Å². The number of nitrogens with one attached hydrogen (secondary N) is 1. The molecule has 0 aliphatic heterocycles. The highest BCUT2D eigenvalue weighted by Gasteiger charge is 2.14. The Kier molecular flexibility index (Phi) is 7.89. The molecule has 88 valence electrons. The maximum atomic E-state index is 11.3. The maximum absolute atomic E-state index is 11.3. The van der Waals surface area contributed by atoms with Gasteiger partial charge in [0.2, 0.25) is 0 Å². The van der Waals surface area contributed by atoms with Crippen molar-refractivity contribution in [2.75, 3.05) is 33.4 Å². The Morgan fingerprint density at radius 3 is 2.73 bits per heavy atom. The average Bonchev–Trinajstić information content (AvgIpc) is 2.18. The van der Waals surface area contributed by atoms with E-state index in [1.807, 2.05) is 6.92 Å². The first-order valence-corrected chi connectivity index (χ1v) is 4.84. The Balaban J connectivity index is 3.50. The monoisotopic (exact) mass is 216 g/mol. The van der Waals surface area contributed by atoms with E-state index in [-0.39, 0.29) is 12.5 Å². The average molecular weight is 216 g/mol. The summed E-state index contributed by atoms with van der Waals surface area (Å²) in [5.74, 6) is -0.209. The summed E-state index contributed by atoms with van der Waals surface area (Å²) in [7, 11) is 1.45. The summed E-state index contributed by atoms with van der Waals surface area (Å²) in [5.41, 5.74) is 6.28. The van der Waals surface area contributed by atoms with Crippen molar-refractivity contribution < 1.29 is 14.3 Å². The number of nitrogens with two attached hydrogens (primary N) is 1. The van der Waals surface area contributed by atoms with Crippen LogP contribution in [0.15, 0.2) is 12.2 Å². The summed E-state index contributed by atoms with van der Waals surface area (Å²) in [6, 6.07) is 0. The summed E-state index contributed by atoms with van der Waals surface area (Å²) in [4.78, 5) is 11.3. The van der Waals surface area contributed by atoms with Crippen LogP contribution in [0.2, 0.25) is 0 Å². The largest absolute Gasteiger partial charge is 0.375 e. The number of hydrogen-bond acceptors (Lipinski definition) is 4. The van der Waals surface area contributed by atoms with Gasteiger partial charge in [0.1, 0.15) is 6.10 Å². The fraction of sp³-hybridized carbons (Fsp3) is 0.700. The van der Waals surface area contributed by atoms with Gasteiger partial charge < -0.3 is 20.5 Å². The van der Waals surface area contributed by atoms with Crippen LogP contribution < -0.4 is 11.1 Å². The van der Waals surface area contributed by atoms with Crippen molar-refractivity contribution >= 4 is 5.91 Å². The van der Waals surface area contributed by atoms with Crippen LogP contribution in [0.5, 0.6) is 0 Å². The van der Waals surface area contributed by atoms with Crippen LogP contribution in [0.1, 0.15) is 6.92 Å². The number of hydrogen-bond donors (Lipinski definition) is 2. The van der Waals surface area contributed by atoms with Crippen LogP contribution in [-0.4, -0.2) is 45.4 Å². The van der Waals surface area contributed by atoms with Crippen LogP contribution in [-0.2, 0) is 14.3 Å². The van der Waals surface area contributed by atoms with Gasteiger partial charge in [0.05, 0.1) is 13.2 Å². The van der Waals surface area contributed by atoms with Gasteiger partial charge in [0.25, 0.3) is 5.91 Å². The van der Waals surface area contributed by atoms with E-state index in [1.165, 1.54) is 7.11 Å². The van der Waals surface area contributed by atoms with Gasteiger partial charge >= 0.3 is 0 Å². The predicted octanol–water partition coefficient (Wildman–Crippen LogP) is -0.331. The molecule has 5 nitrogen and oxygen atoms in total. The number of carbonyl (C=O) groups excluding carboxylic acids is 1. The SMILES string of the molecule is C=C(C)COCCNC(=O)C(CN)OC. The van der Waals surface area contributed by atoms with Crippen molar-refractivity contribution in [1.29, 1.82) is 0 Å². The molecule has 0 heterocycles. The molecule has 0 aliphatic rings. The number of amides is 1. The second-order valence-corrected chi connectivity index (χ2v) is 3.26. The highest BCUT2D eigenvalue weighted by molar-refractivity contribution is 5.80. The minimum absolute atomic E-state index is 0.176. The molecule has 0 aromatic heterocycles. The van der Waals surface area contributed by atoms with Gasteiger partial charge in [-0.15, -0.1) is 0 Å². The standard InChI is InChI=1S/C10H20N2O3/c1-8(2)7-15-5-4-12-10(13)9(6-11)14-3/h9H,1,4-7,11H2,2-3H3,(H,12,13). The fourth-order valence-corrected chi connectivity index (χ4v) is 0.917. The van der Waals surface area contributed by atoms with Crippen LogP contribution in [0.25, 0.3) is 0 Å². The highest BCUT2D eigenvalue weighted by atomic mass is 16.5. The molecular formula is C10H20N2O3.